The number of ether oxygens (including phenoxy) is 2. The van der Waals surface area contributed by atoms with Crippen molar-refractivity contribution < 1.29 is 14.3 Å². The van der Waals surface area contributed by atoms with Gasteiger partial charge in [0.15, 0.2) is 11.5 Å². The Hall–Kier alpha value is -1.71. The van der Waals surface area contributed by atoms with Crippen LogP contribution in [0.4, 0.5) is 0 Å². The lowest BCUT2D eigenvalue weighted by atomic mass is 9.52. The lowest BCUT2D eigenvalue weighted by Crippen LogP contribution is -2.64. The summed E-state index contributed by atoms with van der Waals surface area (Å²) in [7, 11) is 0. The van der Waals surface area contributed by atoms with Gasteiger partial charge in [0.05, 0.1) is 0 Å². The Morgan fingerprint density at radius 1 is 1.08 bits per heavy atom. The summed E-state index contributed by atoms with van der Waals surface area (Å²) in [5.41, 5.74) is 0.0842. The van der Waals surface area contributed by atoms with Crippen LogP contribution in [0.15, 0.2) is 24.3 Å². The van der Waals surface area contributed by atoms with Crippen molar-refractivity contribution in [1.29, 1.82) is 0 Å². The zero-order valence-electron chi connectivity index (χ0n) is 14.9. The highest BCUT2D eigenvalue weighted by Crippen LogP contribution is 2.57. The van der Waals surface area contributed by atoms with Crippen LogP contribution in [0.2, 0.25) is 0 Å². The average Bonchev–Trinajstić information content (AvgIpc) is 2.60. The highest BCUT2D eigenvalue weighted by Gasteiger charge is 2.55. The summed E-state index contributed by atoms with van der Waals surface area (Å²) in [6.45, 7) is 3.21. The van der Waals surface area contributed by atoms with E-state index in [4.69, 9.17) is 9.47 Å². The molecule has 4 heteroatoms. The molecule has 0 spiro atoms. The number of benzene rings is 1. The Bertz CT molecular complexity index is 650. The Morgan fingerprint density at radius 2 is 1.68 bits per heavy atom. The van der Waals surface area contributed by atoms with Crippen LogP contribution in [-0.4, -0.2) is 35.6 Å². The molecule has 0 aromatic heterocycles. The number of carbonyl (C=O) groups is 1. The first kappa shape index (κ1) is 15.5. The number of hydrogen-bond acceptors (Lipinski definition) is 3. The zero-order valence-corrected chi connectivity index (χ0v) is 14.9. The molecule has 5 aliphatic rings. The number of carbonyl (C=O) groups excluding carboxylic acids is 1. The van der Waals surface area contributed by atoms with Crippen molar-refractivity contribution in [2.24, 2.45) is 17.8 Å². The Labute approximate surface area is 149 Å². The lowest BCUT2D eigenvalue weighted by Gasteiger charge is -2.60. The molecule has 4 aliphatic carbocycles. The fourth-order valence-corrected chi connectivity index (χ4v) is 6.44. The van der Waals surface area contributed by atoms with Crippen LogP contribution in [0.25, 0.3) is 0 Å². The topological polar surface area (TPSA) is 38.8 Å². The van der Waals surface area contributed by atoms with Crippen LogP contribution in [0.5, 0.6) is 11.5 Å². The maximum Gasteiger partial charge on any atom is 0.267 e. The summed E-state index contributed by atoms with van der Waals surface area (Å²) in [6.07, 6.45) is 7.25. The van der Waals surface area contributed by atoms with Crippen LogP contribution in [0.3, 0.4) is 0 Å². The molecule has 4 nitrogen and oxygen atoms in total. The molecule has 1 aliphatic heterocycles. The molecule has 0 N–H and O–H groups in total. The summed E-state index contributed by atoms with van der Waals surface area (Å²) < 4.78 is 11.8. The SMILES string of the molecule is CCN(C(=O)[C@@H]1COc2ccccc2O1)C12CC3CC(CC(C3)C1)C2. The Morgan fingerprint density at radius 3 is 2.28 bits per heavy atom. The minimum atomic E-state index is -0.511. The van der Waals surface area contributed by atoms with E-state index < -0.39 is 6.10 Å². The van der Waals surface area contributed by atoms with Gasteiger partial charge in [-0.3, -0.25) is 4.79 Å². The van der Waals surface area contributed by atoms with Gasteiger partial charge in [-0.15, -0.1) is 0 Å². The van der Waals surface area contributed by atoms with Crippen LogP contribution in [-0.2, 0) is 4.79 Å². The highest BCUT2D eigenvalue weighted by molar-refractivity contribution is 5.82. The number of rotatable bonds is 3. The molecule has 1 aromatic carbocycles. The fraction of sp³-hybridized carbons (Fsp3) is 0.667. The van der Waals surface area contributed by atoms with Crippen molar-refractivity contribution in [2.45, 2.75) is 57.1 Å². The third-order valence-corrected chi connectivity index (χ3v) is 6.94. The van der Waals surface area contributed by atoms with E-state index in [1.165, 1.54) is 38.5 Å². The van der Waals surface area contributed by atoms with Gasteiger partial charge in [0.1, 0.15) is 6.61 Å². The number of fused-ring (bicyclic) bond motifs is 1. The Kier molecular flexibility index (Phi) is 3.51. The molecule has 1 heterocycles. The minimum Gasteiger partial charge on any atom is -0.485 e. The summed E-state index contributed by atoms with van der Waals surface area (Å²) in [6, 6.07) is 7.63. The second-order valence-corrected chi connectivity index (χ2v) is 8.59. The molecular formula is C21H27NO3. The van der Waals surface area contributed by atoms with Crippen LogP contribution < -0.4 is 9.47 Å². The fourth-order valence-electron chi connectivity index (χ4n) is 6.44. The maximum atomic E-state index is 13.4. The molecular weight excluding hydrogens is 314 g/mol. The van der Waals surface area contributed by atoms with E-state index in [0.29, 0.717) is 12.4 Å². The first-order valence-electron chi connectivity index (χ1n) is 9.87. The predicted octanol–water partition coefficient (Wildman–Crippen LogP) is 3.64. The number of para-hydroxylation sites is 2. The molecule has 1 amide bonds. The molecule has 1 atom stereocenters. The molecule has 0 unspecified atom stereocenters. The quantitative estimate of drug-likeness (QED) is 0.842. The summed E-state index contributed by atoms with van der Waals surface area (Å²) >= 11 is 0. The Balaban J connectivity index is 1.39. The molecule has 4 saturated carbocycles. The lowest BCUT2D eigenvalue weighted by molar-refractivity contribution is -0.159. The third-order valence-electron chi connectivity index (χ3n) is 6.94. The van der Waals surface area contributed by atoms with Crippen LogP contribution in [0.1, 0.15) is 45.4 Å². The molecule has 4 fully saturated rings. The first-order valence-corrected chi connectivity index (χ1v) is 9.87. The molecule has 1 aromatic rings. The third kappa shape index (κ3) is 2.44. The van der Waals surface area contributed by atoms with Crippen LogP contribution >= 0.6 is 0 Å². The highest BCUT2D eigenvalue weighted by atomic mass is 16.6. The van der Waals surface area contributed by atoms with Crippen molar-refractivity contribution in [1.82, 2.24) is 4.90 Å². The summed E-state index contributed by atoms with van der Waals surface area (Å²) in [5, 5.41) is 0. The van der Waals surface area contributed by atoms with Gasteiger partial charge < -0.3 is 14.4 Å². The smallest absolute Gasteiger partial charge is 0.267 e. The van der Waals surface area contributed by atoms with Crippen molar-refractivity contribution in [3.05, 3.63) is 24.3 Å². The van der Waals surface area contributed by atoms with Crippen molar-refractivity contribution >= 4 is 5.91 Å². The van der Waals surface area contributed by atoms with Crippen molar-refractivity contribution in [3.8, 4) is 11.5 Å². The summed E-state index contributed by atoms with van der Waals surface area (Å²) in [4.78, 5) is 15.5. The van der Waals surface area contributed by atoms with Gasteiger partial charge >= 0.3 is 0 Å². The standard InChI is InChI=1S/C21H27NO3/c1-2-22(21-10-14-7-15(11-21)9-16(8-14)12-21)20(23)19-13-24-17-5-3-4-6-18(17)25-19/h3-6,14-16,19H,2,7-13H2,1H3/t14?,15?,16?,19-,21?/m0/s1. The van der Waals surface area contributed by atoms with Crippen molar-refractivity contribution in [3.63, 3.8) is 0 Å². The van der Waals surface area contributed by atoms with Gasteiger partial charge in [-0.25, -0.2) is 0 Å². The van der Waals surface area contributed by atoms with Crippen LogP contribution in [0, 0.1) is 17.8 Å². The largest absolute Gasteiger partial charge is 0.485 e. The second kappa shape index (κ2) is 5.65. The van der Waals surface area contributed by atoms with Gasteiger partial charge in [0, 0.05) is 12.1 Å². The molecule has 6 rings (SSSR count). The maximum absolute atomic E-state index is 13.4. The second-order valence-electron chi connectivity index (χ2n) is 8.59. The normalized spacial score (nSPS) is 37.8. The van der Waals surface area contributed by atoms with Gasteiger partial charge in [-0.1, -0.05) is 12.1 Å². The van der Waals surface area contributed by atoms with Gasteiger partial charge in [0.25, 0.3) is 5.91 Å². The monoisotopic (exact) mass is 341 g/mol. The summed E-state index contributed by atoms with van der Waals surface area (Å²) in [5.74, 6) is 4.05. The zero-order chi connectivity index (χ0) is 17.0. The van der Waals surface area contributed by atoms with Gasteiger partial charge in [-0.2, -0.15) is 0 Å². The molecule has 25 heavy (non-hydrogen) atoms. The van der Waals surface area contributed by atoms with Gasteiger partial charge in [0.2, 0.25) is 6.10 Å². The average molecular weight is 341 g/mol. The van der Waals surface area contributed by atoms with Crippen molar-refractivity contribution in [2.75, 3.05) is 13.2 Å². The number of nitrogens with zero attached hydrogens (tertiary/aromatic N) is 1. The number of likely N-dealkylation sites (N-methyl/N-ethyl adjacent to an activating group) is 1. The number of amides is 1. The molecule has 134 valence electrons. The van der Waals surface area contributed by atoms with E-state index in [-0.39, 0.29) is 11.4 Å². The first-order chi connectivity index (χ1) is 12.2. The molecule has 4 bridgehead atoms. The van der Waals surface area contributed by atoms with Gasteiger partial charge in [-0.05, 0) is 75.3 Å². The van der Waals surface area contributed by atoms with E-state index in [1.807, 2.05) is 24.3 Å². The minimum absolute atomic E-state index is 0.0842. The molecule has 0 saturated heterocycles. The molecule has 0 radical (unpaired) electrons. The van der Waals surface area contributed by atoms with E-state index in [9.17, 15) is 4.79 Å². The van der Waals surface area contributed by atoms with E-state index in [2.05, 4.69) is 11.8 Å². The predicted molar refractivity (Wildman–Crippen MR) is 94.6 cm³/mol. The number of hydrogen-bond donors (Lipinski definition) is 0. The van der Waals surface area contributed by atoms with E-state index >= 15 is 0 Å². The van der Waals surface area contributed by atoms with E-state index in [0.717, 1.165) is 30.0 Å². The van der Waals surface area contributed by atoms with E-state index in [1.54, 1.807) is 0 Å².